The Morgan fingerprint density at radius 3 is 2.43 bits per heavy atom. The lowest BCUT2D eigenvalue weighted by molar-refractivity contribution is -0.145. The monoisotopic (exact) mass is 329 g/mol. The number of nitrogens with zero attached hydrogens (tertiary/aromatic N) is 1. The molecule has 1 aromatic rings. The number of halogens is 2. The molecule has 0 aromatic heterocycles. The summed E-state index contributed by atoms with van der Waals surface area (Å²) in [5.74, 6) is -0.751. The van der Waals surface area contributed by atoms with Crippen LogP contribution in [0.2, 0.25) is 10.0 Å². The molecule has 0 aliphatic heterocycles. The second-order valence-electron chi connectivity index (χ2n) is 4.30. The first-order chi connectivity index (χ1) is 9.99. The summed E-state index contributed by atoms with van der Waals surface area (Å²) in [6.07, 6.45) is 3.64. The number of esters is 1. The fraction of sp³-hybridized carbons (Fsp3) is 0.333. The number of carbonyl (C=O) groups excluding carboxylic acids is 2. The van der Waals surface area contributed by atoms with Gasteiger partial charge in [0.15, 0.2) is 0 Å². The summed E-state index contributed by atoms with van der Waals surface area (Å²) in [6.45, 7) is 2.31. The van der Waals surface area contributed by atoms with Crippen molar-refractivity contribution in [2.24, 2.45) is 0 Å². The molecule has 1 aromatic carbocycles. The van der Waals surface area contributed by atoms with Crippen molar-refractivity contribution in [1.82, 2.24) is 4.90 Å². The fourth-order valence-electron chi connectivity index (χ4n) is 1.69. The first-order valence-corrected chi connectivity index (χ1v) is 7.23. The summed E-state index contributed by atoms with van der Waals surface area (Å²) in [5, 5.41) is 0.920. The van der Waals surface area contributed by atoms with Gasteiger partial charge in [0.1, 0.15) is 6.54 Å². The number of carbonyl (C=O) groups is 2. The number of rotatable bonds is 6. The van der Waals surface area contributed by atoms with E-state index in [2.05, 4.69) is 4.74 Å². The van der Waals surface area contributed by atoms with Crippen LogP contribution in [0.5, 0.6) is 0 Å². The Morgan fingerprint density at radius 1 is 1.29 bits per heavy atom. The molecule has 0 saturated carbocycles. The lowest BCUT2D eigenvalue weighted by atomic mass is 10.2. The van der Waals surface area contributed by atoms with Gasteiger partial charge in [0.05, 0.1) is 7.11 Å². The minimum atomic E-state index is -0.457. The molecule has 0 bridgehead atoms. The smallest absolute Gasteiger partial charge is 0.325 e. The van der Waals surface area contributed by atoms with E-state index in [9.17, 15) is 9.59 Å². The third kappa shape index (κ3) is 5.40. The average molecular weight is 330 g/mol. The highest BCUT2D eigenvalue weighted by Gasteiger charge is 2.14. The Bertz CT molecular complexity index is 523. The van der Waals surface area contributed by atoms with E-state index in [-0.39, 0.29) is 12.5 Å². The van der Waals surface area contributed by atoms with E-state index < -0.39 is 5.97 Å². The Balaban J connectivity index is 2.85. The van der Waals surface area contributed by atoms with Crippen LogP contribution in [-0.4, -0.2) is 37.0 Å². The van der Waals surface area contributed by atoms with Gasteiger partial charge in [-0.05, 0) is 24.6 Å². The van der Waals surface area contributed by atoms with Crippen molar-refractivity contribution >= 4 is 41.2 Å². The minimum Gasteiger partial charge on any atom is -0.468 e. The van der Waals surface area contributed by atoms with Gasteiger partial charge in [-0.2, -0.15) is 0 Å². The van der Waals surface area contributed by atoms with E-state index in [0.29, 0.717) is 22.2 Å². The van der Waals surface area contributed by atoms with Gasteiger partial charge >= 0.3 is 5.97 Å². The molecule has 0 saturated heterocycles. The molecule has 0 aliphatic carbocycles. The Morgan fingerprint density at radius 2 is 1.90 bits per heavy atom. The van der Waals surface area contributed by atoms with Crippen LogP contribution in [0.15, 0.2) is 24.3 Å². The topological polar surface area (TPSA) is 46.6 Å². The van der Waals surface area contributed by atoms with Crippen molar-refractivity contribution in [3.8, 4) is 0 Å². The molecule has 1 rings (SSSR count). The minimum absolute atomic E-state index is 0.0796. The largest absolute Gasteiger partial charge is 0.468 e. The Hall–Kier alpha value is -1.52. The molecule has 6 heteroatoms. The molecule has 0 spiro atoms. The van der Waals surface area contributed by atoms with Crippen LogP contribution in [0.1, 0.15) is 18.9 Å². The number of benzene rings is 1. The van der Waals surface area contributed by atoms with Crippen LogP contribution in [0.25, 0.3) is 6.08 Å². The zero-order chi connectivity index (χ0) is 15.8. The van der Waals surface area contributed by atoms with Crippen molar-refractivity contribution in [2.45, 2.75) is 13.3 Å². The Kier molecular flexibility index (Phi) is 7.26. The predicted molar refractivity (Wildman–Crippen MR) is 84.4 cm³/mol. The third-order valence-corrected chi connectivity index (χ3v) is 3.40. The molecule has 0 fully saturated rings. The average Bonchev–Trinajstić information content (AvgIpc) is 2.45. The Labute approximate surface area is 134 Å². The van der Waals surface area contributed by atoms with Crippen LogP contribution in [0.3, 0.4) is 0 Å². The molecular weight excluding hydrogens is 313 g/mol. The maximum atomic E-state index is 12.1. The molecule has 0 aliphatic rings. The number of methoxy groups -OCH3 is 1. The number of amides is 1. The number of hydrogen-bond donors (Lipinski definition) is 0. The first kappa shape index (κ1) is 17.5. The summed E-state index contributed by atoms with van der Waals surface area (Å²) in [4.78, 5) is 24.8. The zero-order valence-corrected chi connectivity index (χ0v) is 13.4. The molecule has 21 heavy (non-hydrogen) atoms. The molecule has 0 heterocycles. The lowest BCUT2D eigenvalue weighted by Gasteiger charge is -2.18. The molecule has 0 unspecified atom stereocenters. The highest BCUT2D eigenvalue weighted by atomic mass is 35.5. The highest BCUT2D eigenvalue weighted by molar-refractivity contribution is 6.37. The van der Waals surface area contributed by atoms with Gasteiger partial charge in [0, 0.05) is 28.2 Å². The second kappa shape index (κ2) is 8.70. The van der Waals surface area contributed by atoms with Gasteiger partial charge < -0.3 is 9.64 Å². The van der Waals surface area contributed by atoms with Gasteiger partial charge in [0.25, 0.3) is 0 Å². The summed E-state index contributed by atoms with van der Waals surface area (Å²) in [5.41, 5.74) is 0.573. The van der Waals surface area contributed by atoms with Crippen LogP contribution < -0.4 is 0 Å². The van der Waals surface area contributed by atoms with Crippen LogP contribution in [0, 0.1) is 0 Å². The van der Waals surface area contributed by atoms with Crippen molar-refractivity contribution in [3.63, 3.8) is 0 Å². The molecule has 1 amide bonds. The molecule has 0 atom stereocenters. The van der Waals surface area contributed by atoms with E-state index in [4.69, 9.17) is 23.2 Å². The molecule has 0 N–H and O–H groups in total. The molecule has 4 nitrogen and oxygen atoms in total. The van der Waals surface area contributed by atoms with E-state index in [0.717, 1.165) is 6.42 Å². The normalized spacial score (nSPS) is 10.7. The highest BCUT2D eigenvalue weighted by Crippen LogP contribution is 2.25. The van der Waals surface area contributed by atoms with Crippen LogP contribution in [0.4, 0.5) is 0 Å². The van der Waals surface area contributed by atoms with Gasteiger partial charge in [-0.3, -0.25) is 9.59 Å². The summed E-state index contributed by atoms with van der Waals surface area (Å²) < 4.78 is 4.58. The quantitative estimate of drug-likeness (QED) is 0.593. The standard InChI is InChI=1S/C15H17Cl2NO3/c1-3-9-18(10-15(20)21-2)14(19)8-7-11-12(16)5-4-6-13(11)17/h4-8H,3,9-10H2,1-2H3. The van der Waals surface area contributed by atoms with Gasteiger partial charge in [-0.15, -0.1) is 0 Å². The van der Waals surface area contributed by atoms with E-state index in [1.807, 2.05) is 6.92 Å². The van der Waals surface area contributed by atoms with Crippen molar-refractivity contribution in [1.29, 1.82) is 0 Å². The van der Waals surface area contributed by atoms with Gasteiger partial charge in [0.2, 0.25) is 5.91 Å². The summed E-state index contributed by atoms with van der Waals surface area (Å²) in [7, 11) is 1.29. The third-order valence-electron chi connectivity index (χ3n) is 2.75. The van der Waals surface area contributed by atoms with E-state index in [1.165, 1.54) is 18.1 Å². The lowest BCUT2D eigenvalue weighted by Crippen LogP contribution is -2.35. The van der Waals surface area contributed by atoms with E-state index in [1.54, 1.807) is 24.3 Å². The van der Waals surface area contributed by atoms with Crippen molar-refractivity contribution in [2.75, 3.05) is 20.2 Å². The molecular formula is C15H17Cl2NO3. The van der Waals surface area contributed by atoms with Crippen molar-refractivity contribution in [3.05, 3.63) is 39.9 Å². The SMILES string of the molecule is CCCN(CC(=O)OC)C(=O)C=Cc1c(Cl)cccc1Cl. The first-order valence-electron chi connectivity index (χ1n) is 6.47. The maximum Gasteiger partial charge on any atom is 0.325 e. The zero-order valence-electron chi connectivity index (χ0n) is 11.9. The molecule has 0 radical (unpaired) electrons. The van der Waals surface area contributed by atoms with Crippen LogP contribution in [-0.2, 0) is 14.3 Å². The van der Waals surface area contributed by atoms with Gasteiger partial charge in [-0.25, -0.2) is 0 Å². The van der Waals surface area contributed by atoms with Crippen molar-refractivity contribution < 1.29 is 14.3 Å². The summed E-state index contributed by atoms with van der Waals surface area (Å²) >= 11 is 12.1. The maximum absolute atomic E-state index is 12.1. The summed E-state index contributed by atoms with van der Waals surface area (Å²) in [6, 6.07) is 5.11. The number of ether oxygens (including phenoxy) is 1. The predicted octanol–water partition coefficient (Wildman–Crippen LogP) is 3.42. The molecule has 114 valence electrons. The number of hydrogen-bond acceptors (Lipinski definition) is 3. The van der Waals surface area contributed by atoms with E-state index >= 15 is 0 Å². The second-order valence-corrected chi connectivity index (χ2v) is 5.12. The fourth-order valence-corrected chi connectivity index (χ4v) is 2.21. The van der Waals surface area contributed by atoms with Crippen LogP contribution >= 0.6 is 23.2 Å². The van der Waals surface area contributed by atoms with Gasteiger partial charge in [-0.1, -0.05) is 36.2 Å².